The van der Waals surface area contributed by atoms with Crippen LogP contribution in [0.1, 0.15) is 25.8 Å². The number of benzene rings is 1. The first kappa shape index (κ1) is 13.5. The fourth-order valence-electron chi connectivity index (χ4n) is 2.34. The van der Waals surface area contributed by atoms with Crippen molar-refractivity contribution in [2.45, 2.75) is 30.5 Å². The normalized spacial score (nSPS) is 18.4. The van der Waals surface area contributed by atoms with Gasteiger partial charge >= 0.3 is 0 Å². The molecule has 1 aliphatic heterocycles. The van der Waals surface area contributed by atoms with Crippen molar-refractivity contribution in [1.29, 1.82) is 0 Å². The molecule has 0 fully saturated rings. The van der Waals surface area contributed by atoms with Gasteiger partial charge in [0.2, 0.25) is 6.79 Å². The number of hydrogen-bond acceptors (Lipinski definition) is 4. The van der Waals surface area contributed by atoms with E-state index in [1.807, 2.05) is 13.8 Å². The molecule has 18 heavy (non-hydrogen) atoms. The Morgan fingerprint density at radius 2 is 2.00 bits per heavy atom. The van der Waals surface area contributed by atoms with Gasteiger partial charge in [0.1, 0.15) is 5.75 Å². The minimum atomic E-state index is -0.537. The van der Waals surface area contributed by atoms with Gasteiger partial charge in [-0.15, -0.1) is 0 Å². The third-order valence-corrected chi connectivity index (χ3v) is 4.58. The summed E-state index contributed by atoms with van der Waals surface area (Å²) in [7, 11) is 0. The molecule has 0 spiro atoms. The van der Waals surface area contributed by atoms with Crippen LogP contribution in [0, 0.1) is 0 Å². The number of phenols is 1. The smallest absolute Gasteiger partial charge is 0.231 e. The van der Waals surface area contributed by atoms with Crippen LogP contribution in [0.4, 0.5) is 0 Å². The van der Waals surface area contributed by atoms with E-state index in [1.165, 1.54) is 0 Å². The maximum atomic E-state index is 10.2. The number of fused-ring (bicyclic) bond motifs is 1. The Bertz CT molecular complexity index is 441. The molecule has 2 unspecified atom stereocenters. The summed E-state index contributed by atoms with van der Waals surface area (Å²) in [5.74, 6) is 1.28. The number of aromatic hydroxyl groups is 1. The maximum Gasteiger partial charge on any atom is 0.231 e. The molecule has 2 rings (SSSR count). The largest absolute Gasteiger partial charge is 0.508 e. The fraction of sp³-hybridized carbons (Fsp3) is 0.538. The first-order chi connectivity index (χ1) is 8.55. The van der Waals surface area contributed by atoms with Crippen molar-refractivity contribution >= 4 is 15.9 Å². The number of halogens is 1. The topological polar surface area (TPSA) is 58.9 Å². The lowest BCUT2D eigenvalue weighted by Crippen LogP contribution is -2.37. The zero-order chi connectivity index (χ0) is 13.3. The molecule has 4 nitrogen and oxygen atoms in total. The number of ether oxygens (including phenoxy) is 2. The van der Waals surface area contributed by atoms with Gasteiger partial charge in [-0.1, -0.05) is 29.8 Å². The van der Waals surface area contributed by atoms with E-state index in [1.54, 1.807) is 12.1 Å². The van der Waals surface area contributed by atoms with Gasteiger partial charge in [-0.25, -0.2) is 0 Å². The van der Waals surface area contributed by atoms with Gasteiger partial charge in [0.05, 0.1) is 6.61 Å². The third-order valence-electron chi connectivity index (χ3n) is 3.70. The number of alkyl halides is 1. The second kappa shape index (κ2) is 4.97. The first-order valence-corrected chi connectivity index (χ1v) is 6.84. The lowest BCUT2D eigenvalue weighted by molar-refractivity contribution is 0.173. The van der Waals surface area contributed by atoms with Crippen molar-refractivity contribution in [1.82, 2.24) is 0 Å². The van der Waals surface area contributed by atoms with Crippen LogP contribution in [-0.4, -0.2) is 28.4 Å². The monoisotopic (exact) mass is 316 g/mol. The molecule has 0 aliphatic carbocycles. The highest BCUT2D eigenvalue weighted by atomic mass is 79.9. The van der Waals surface area contributed by atoms with Crippen molar-refractivity contribution in [2.75, 3.05) is 13.4 Å². The van der Waals surface area contributed by atoms with Gasteiger partial charge in [-0.3, -0.25) is 0 Å². The van der Waals surface area contributed by atoms with Crippen molar-refractivity contribution in [3.05, 3.63) is 17.7 Å². The second-order valence-corrected chi connectivity index (χ2v) is 5.88. The minimum Gasteiger partial charge on any atom is -0.508 e. The van der Waals surface area contributed by atoms with E-state index in [0.717, 1.165) is 0 Å². The van der Waals surface area contributed by atoms with E-state index in [2.05, 4.69) is 15.9 Å². The molecule has 0 radical (unpaired) electrons. The van der Waals surface area contributed by atoms with Crippen molar-refractivity contribution < 1.29 is 19.7 Å². The van der Waals surface area contributed by atoms with Gasteiger partial charge in [0.15, 0.2) is 11.5 Å². The van der Waals surface area contributed by atoms with E-state index >= 15 is 0 Å². The Balaban J connectivity index is 2.55. The van der Waals surface area contributed by atoms with Crippen LogP contribution in [0.3, 0.4) is 0 Å². The second-order valence-electron chi connectivity index (χ2n) is 4.51. The summed E-state index contributed by atoms with van der Waals surface area (Å²) in [6.45, 7) is 4.06. The molecule has 2 N–H and O–H groups in total. The SMILES string of the molecule is CCC(CO)(c1cc2c(cc1O)OCO2)C(C)Br. The Hall–Kier alpha value is -0.940. The summed E-state index contributed by atoms with van der Waals surface area (Å²) in [5.41, 5.74) is 0.145. The summed E-state index contributed by atoms with van der Waals surface area (Å²) in [6, 6.07) is 3.31. The average molecular weight is 317 g/mol. The summed E-state index contributed by atoms with van der Waals surface area (Å²) < 4.78 is 10.5. The van der Waals surface area contributed by atoms with E-state index < -0.39 is 5.41 Å². The number of aliphatic hydroxyl groups is 1. The van der Waals surface area contributed by atoms with E-state index in [0.29, 0.717) is 23.5 Å². The molecule has 1 aromatic rings. The average Bonchev–Trinajstić information content (AvgIpc) is 2.78. The standard InChI is InChI=1S/C13H17BrO4/c1-3-13(6-15,8(2)14)9-4-11-12(5-10(9)16)18-7-17-11/h4-5,8,15-16H,3,6-7H2,1-2H3. The van der Waals surface area contributed by atoms with Crippen LogP contribution in [0.15, 0.2) is 12.1 Å². The number of aliphatic hydroxyl groups excluding tert-OH is 1. The molecule has 1 aromatic carbocycles. The minimum absolute atomic E-state index is 0.0197. The molecule has 5 heteroatoms. The van der Waals surface area contributed by atoms with Crippen molar-refractivity contribution in [3.63, 3.8) is 0 Å². The highest BCUT2D eigenvalue weighted by molar-refractivity contribution is 9.09. The molecule has 0 saturated heterocycles. The number of phenolic OH excluding ortho intramolecular Hbond substituents is 1. The number of rotatable bonds is 4. The van der Waals surface area contributed by atoms with Gasteiger partial charge < -0.3 is 19.7 Å². The Morgan fingerprint density at radius 1 is 1.39 bits per heavy atom. The molecule has 2 atom stereocenters. The number of hydrogen-bond donors (Lipinski definition) is 2. The van der Waals surface area contributed by atoms with Gasteiger partial charge in [0, 0.05) is 21.9 Å². The molecule has 1 heterocycles. The molecule has 100 valence electrons. The highest BCUT2D eigenvalue weighted by Crippen LogP contribution is 2.46. The summed E-state index contributed by atoms with van der Waals surface area (Å²) >= 11 is 3.53. The molecule has 0 bridgehead atoms. The Morgan fingerprint density at radius 3 is 2.50 bits per heavy atom. The first-order valence-electron chi connectivity index (χ1n) is 5.93. The Labute approximate surface area is 115 Å². The van der Waals surface area contributed by atoms with Crippen molar-refractivity contribution in [3.8, 4) is 17.2 Å². The van der Waals surface area contributed by atoms with Gasteiger partial charge in [0.25, 0.3) is 0 Å². The maximum absolute atomic E-state index is 10.2. The van der Waals surface area contributed by atoms with E-state index in [9.17, 15) is 10.2 Å². The molecular weight excluding hydrogens is 300 g/mol. The van der Waals surface area contributed by atoms with E-state index in [-0.39, 0.29) is 24.0 Å². The van der Waals surface area contributed by atoms with Crippen LogP contribution in [0.25, 0.3) is 0 Å². The summed E-state index contributed by atoms with van der Waals surface area (Å²) in [4.78, 5) is 0.0197. The molecule has 0 amide bonds. The highest BCUT2D eigenvalue weighted by Gasteiger charge is 2.38. The van der Waals surface area contributed by atoms with Crippen LogP contribution in [-0.2, 0) is 5.41 Å². The zero-order valence-corrected chi connectivity index (χ0v) is 12.0. The molecule has 1 aliphatic rings. The summed E-state index contributed by atoms with van der Waals surface area (Å²) in [5, 5.41) is 19.9. The quantitative estimate of drug-likeness (QED) is 0.838. The predicted octanol–water partition coefficient (Wildman–Crippen LogP) is 2.54. The summed E-state index contributed by atoms with van der Waals surface area (Å²) in [6.07, 6.45) is 0.698. The van der Waals surface area contributed by atoms with Crippen LogP contribution in [0.5, 0.6) is 17.2 Å². The molecule has 0 saturated carbocycles. The predicted molar refractivity (Wildman–Crippen MR) is 71.7 cm³/mol. The van der Waals surface area contributed by atoms with Gasteiger partial charge in [-0.2, -0.15) is 0 Å². The third kappa shape index (κ3) is 1.95. The molecular formula is C13H17BrO4. The molecule has 0 aromatic heterocycles. The fourth-order valence-corrected chi connectivity index (χ4v) is 3.05. The van der Waals surface area contributed by atoms with Crippen LogP contribution in [0.2, 0.25) is 0 Å². The lowest BCUT2D eigenvalue weighted by atomic mass is 9.76. The van der Waals surface area contributed by atoms with Crippen LogP contribution >= 0.6 is 15.9 Å². The van der Waals surface area contributed by atoms with Gasteiger partial charge in [-0.05, 0) is 12.5 Å². The van der Waals surface area contributed by atoms with Crippen LogP contribution < -0.4 is 9.47 Å². The van der Waals surface area contributed by atoms with Crippen molar-refractivity contribution in [2.24, 2.45) is 0 Å². The lowest BCUT2D eigenvalue weighted by Gasteiger charge is -2.34. The Kier molecular flexibility index (Phi) is 3.73. The van der Waals surface area contributed by atoms with E-state index in [4.69, 9.17) is 9.47 Å². The zero-order valence-electron chi connectivity index (χ0n) is 10.4.